The zero-order valence-electron chi connectivity index (χ0n) is 11.2. The molecule has 0 atom stereocenters. The molecule has 0 aliphatic heterocycles. The van der Waals surface area contributed by atoms with Gasteiger partial charge >= 0.3 is 0 Å². The first kappa shape index (κ1) is 13.8. The van der Waals surface area contributed by atoms with Crippen molar-refractivity contribution >= 4 is 11.7 Å². The molecular weight excluding hydrogens is 256 g/mol. The van der Waals surface area contributed by atoms with Crippen LogP contribution in [0.3, 0.4) is 0 Å². The number of hydrogen-bond donors (Lipinski definition) is 2. The zero-order valence-corrected chi connectivity index (χ0v) is 11.2. The number of carbonyl (C=O) groups excluding carboxylic acids is 1. The summed E-state index contributed by atoms with van der Waals surface area (Å²) >= 11 is 0. The van der Waals surface area contributed by atoms with Crippen LogP contribution in [0.15, 0.2) is 24.4 Å². The summed E-state index contributed by atoms with van der Waals surface area (Å²) in [7, 11) is 1.74. The monoisotopic (exact) mass is 270 g/mol. The molecule has 2 rings (SSSR count). The highest BCUT2D eigenvalue weighted by molar-refractivity contribution is 6.04. The van der Waals surface area contributed by atoms with E-state index in [0.717, 1.165) is 5.69 Å². The highest BCUT2D eigenvalue weighted by atomic mass is 16.2. The van der Waals surface area contributed by atoms with Crippen LogP contribution < -0.4 is 5.32 Å². The minimum absolute atomic E-state index is 0.215. The van der Waals surface area contributed by atoms with Crippen molar-refractivity contribution in [3.05, 3.63) is 41.3 Å². The second kappa shape index (κ2) is 5.99. The lowest BCUT2D eigenvalue weighted by Gasteiger charge is -2.05. The van der Waals surface area contributed by atoms with Gasteiger partial charge in [-0.05, 0) is 19.1 Å². The summed E-state index contributed by atoms with van der Waals surface area (Å²) in [5.74, 6) is 5.43. The molecule has 2 aromatic rings. The molecule has 0 unspecified atom stereocenters. The second-order valence-corrected chi connectivity index (χ2v) is 4.11. The van der Waals surface area contributed by atoms with E-state index < -0.39 is 0 Å². The Morgan fingerprint density at radius 3 is 3.00 bits per heavy atom. The minimum atomic E-state index is -0.365. The van der Waals surface area contributed by atoms with E-state index in [2.05, 4.69) is 27.2 Å². The molecule has 0 saturated heterocycles. The summed E-state index contributed by atoms with van der Waals surface area (Å²) in [6, 6.07) is 5.13. The van der Waals surface area contributed by atoms with Crippen molar-refractivity contribution in [2.45, 2.75) is 6.92 Å². The quantitative estimate of drug-likeness (QED) is 0.788. The lowest BCUT2D eigenvalue weighted by molar-refractivity contribution is 0.102. The molecule has 102 valence electrons. The molecule has 0 aliphatic rings. The minimum Gasteiger partial charge on any atom is -0.384 e. The SMILES string of the molecule is Cc1cc(NC(=O)c2ncccc2C#CCO)n(C)n1. The maximum atomic E-state index is 12.2. The highest BCUT2D eigenvalue weighted by Crippen LogP contribution is 2.11. The van der Waals surface area contributed by atoms with Gasteiger partial charge < -0.3 is 10.4 Å². The average molecular weight is 270 g/mol. The Bertz CT molecular complexity index is 695. The third kappa shape index (κ3) is 3.02. The Labute approximate surface area is 116 Å². The molecule has 6 heteroatoms. The van der Waals surface area contributed by atoms with Crippen LogP contribution in [0.2, 0.25) is 0 Å². The molecule has 0 saturated carbocycles. The predicted octanol–water partition coefficient (Wildman–Crippen LogP) is 0.720. The van der Waals surface area contributed by atoms with Crippen LogP contribution in [-0.2, 0) is 7.05 Å². The predicted molar refractivity (Wildman–Crippen MR) is 74.1 cm³/mol. The number of rotatable bonds is 2. The number of carbonyl (C=O) groups is 1. The van der Waals surface area contributed by atoms with Crippen LogP contribution in [0.25, 0.3) is 0 Å². The number of nitrogens with zero attached hydrogens (tertiary/aromatic N) is 3. The summed E-state index contributed by atoms with van der Waals surface area (Å²) < 4.78 is 1.58. The van der Waals surface area contributed by atoms with Gasteiger partial charge in [-0.2, -0.15) is 5.10 Å². The van der Waals surface area contributed by atoms with Gasteiger partial charge in [-0.15, -0.1) is 0 Å². The molecule has 0 bridgehead atoms. The van der Waals surface area contributed by atoms with Crippen molar-refractivity contribution < 1.29 is 9.90 Å². The smallest absolute Gasteiger partial charge is 0.276 e. The molecule has 1 amide bonds. The van der Waals surface area contributed by atoms with E-state index in [0.29, 0.717) is 11.4 Å². The van der Waals surface area contributed by atoms with Crippen LogP contribution in [-0.4, -0.2) is 32.4 Å². The fraction of sp³-hybridized carbons (Fsp3) is 0.214. The van der Waals surface area contributed by atoms with Gasteiger partial charge in [0.2, 0.25) is 0 Å². The van der Waals surface area contributed by atoms with Gasteiger partial charge in [0.05, 0.1) is 11.3 Å². The van der Waals surface area contributed by atoms with Crippen molar-refractivity contribution in [3.63, 3.8) is 0 Å². The van der Waals surface area contributed by atoms with E-state index in [-0.39, 0.29) is 18.2 Å². The maximum absolute atomic E-state index is 12.2. The van der Waals surface area contributed by atoms with Gasteiger partial charge in [-0.25, -0.2) is 4.98 Å². The number of anilines is 1. The first-order chi connectivity index (χ1) is 9.61. The van der Waals surface area contributed by atoms with E-state index in [1.807, 2.05) is 6.92 Å². The van der Waals surface area contributed by atoms with Gasteiger partial charge in [0, 0.05) is 19.3 Å². The number of amides is 1. The lowest BCUT2D eigenvalue weighted by atomic mass is 10.2. The lowest BCUT2D eigenvalue weighted by Crippen LogP contribution is -2.17. The van der Waals surface area contributed by atoms with Crippen LogP contribution >= 0.6 is 0 Å². The summed E-state index contributed by atoms with van der Waals surface area (Å²) in [4.78, 5) is 16.3. The van der Waals surface area contributed by atoms with Gasteiger partial charge in [0.1, 0.15) is 18.1 Å². The van der Waals surface area contributed by atoms with Gasteiger partial charge in [-0.3, -0.25) is 9.48 Å². The largest absolute Gasteiger partial charge is 0.384 e. The summed E-state index contributed by atoms with van der Waals surface area (Å²) in [6.45, 7) is 1.57. The summed E-state index contributed by atoms with van der Waals surface area (Å²) in [5, 5.41) is 15.6. The Kier molecular flexibility index (Phi) is 4.13. The van der Waals surface area contributed by atoms with E-state index >= 15 is 0 Å². The van der Waals surface area contributed by atoms with Crippen molar-refractivity contribution in [2.24, 2.45) is 7.05 Å². The first-order valence-corrected chi connectivity index (χ1v) is 5.98. The maximum Gasteiger partial charge on any atom is 0.276 e. The normalized spacial score (nSPS) is 9.75. The Morgan fingerprint density at radius 1 is 1.55 bits per heavy atom. The third-order valence-corrected chi connectivity index (χ3v) is 2.57. The molecule has 20 heavy (non-hydrogen) atoms. The van der Waals surface area contributed by atoms with Crippen molar-refractivity contribution in [1.82, 2.24) is 14.8 Å². The van der Waals surface area contributed by atoms with E-state index in [1.54, 1.807) is 29.9 Å². The van der Waals surface area contributed by atoms with Gasteiger partial charge in [-0.1, -0.05) is 11.8 Å². The average Bonchev–Trinajstić information content (AvgIpc) is 2.75. The highest BCUT2D eigenvalue weighted by Gasteiger charge is 2.13. The number of nitrogens with one attached hydrogen (secondary N) is 1. The number of aryl methyl sites for hydroxylation is 2. The topological polar surface area (TPSA) is 80.0 Å². The van der Waals surface area contributed by atoms with Gasteiger partial charge in [0.25, 0.3) is 5.91 Å². The van der Waals surface area contributed by atoms with Crippen molar-refractivity contribution in [1.29, 1.82) is 0 Å². The van der Waals surface area contributed by atoms with Crippen LogP contribution in [0, 0.1) is 18.8 Å². The molecule has 2 N–H and O–H groups in total. The standard InChI is InChI=1S/C14H14N4O2/c1-10-9-12(18(2)17-10)16-14(20)13-11(6-4-8-19)5-3-7-15-13/h3,5,7,9,19H,8H2,1-2H3,(H,16,20). The Hall–Kier alpha value is -2.65. The molecule has 0 radical (unpaired) electrons. The first-order valence-electron chi connectivity index (χ1n) is 5.98. The number of aliphatic hydroxyl groups excluding tert-OH is 1. The number of aromatic nitrogens is 3. The molecule has 0 fully saturated rings. The molecule has 2 aromatic heterocycles. The van der Waals surface area contributed by atoms with Crippen LogP contribution in [0.1, 0.15) is 21.7 Å². The number of pyridine rings is 1. The van der Waals surface area contributed by atoms with Crippen molar-refractivity contribution in [2.75, 3.05) is 11.9 Å². The fourth-order valence-corrected chi connectivity index (χ4v) is 1.72. The summed E-state index contributed by atoms with van der Waals surface area (Å²) in [5.41, 5.74) is 1.49. The molecule has 0 aromatic carbocycles. The molecule has 0 aliphatic carbocycles. The van der Waals surface area contributed by atoms with Crippen molar-refractivity contribution in [3.8, 4) is 11.8 Å². The third-order valence-electron chi connectivity index (χ3n) is 2.57. The van der Waals surface area contributed by atoms with Gasteiger partial charge in [0.15, 0.2) is 0 Å². The Morgan fingerprint density at radius 2 is 2.35 bits per heavy atom. The molecule has 2 heterocycles. The molecule has 0 spiro atoms. The van der Waals surface area contributed by atoms with E-state index in [1.165, 1.54) is 6.20 Å². The zero-order chi connectivity index (χ0) is 14.5. The number of hydrogen-bond acceptors (Lipinski definition) is 4. The second-order valence-electron chi connectivity index (χ2n) is 4.11. The van der Waals surface area contributed by atoms with E-state index in [4.69, 9.17) is 5.11 Å². The van der Waals surface area contributed by atoms with E-state index in [9.17, 15) is 4.79 Å². The fourth-order valence-electron chi connectivity index (χ4n) is 1.72. The van der Waals surface area contributed by atoms with Crippen LogP contribution in [0.4, 0.5) is 5.82 Å². The Balaban J connectivity index is 2.28. The summed E-state index contributed by atoms with van der Waals surface area (Å²) in [6.07, 6.45) is 1.52. The molecule has 6 nitrogen and oxygen atoms in total. The van der Waals surface area contributed by atoms with Crippen LogP contribution in [0.5, 0.6) is 0 Å². The molecular formula is C14H14N4O2. The number of aliphatic hydroxyl groups is 1.